The second-order valence-electron chi connectivity index (χ2n) is 8.52. The van der Waals surface area contributed by atoms with Gasteiger partial charge in [0.05, 0.1) is 23.5 Å². The number of rotatable bonds is 2. The average molecular weight is 415 g/mol. The van der Waals surface area contributed by atoms with Gasteiger partial charge in [0.25, 0.3) is 11.5 Å². The maximum atomic E-state index is 13.8. The van der Waals surface area contributed by atoms with Crippen molar-refractivity contribution < 1.29 is 9.53 Å². The number of morpholine rings is 1. The zero-order chi connectivity index (χ0) is 21.5. The van der Waals surface area contributed by atoms with Crippen LogP contribution in [0, 0.1) is 0 Å². The molecule has 0 N–H and O–H groups in total. The van der Waals surface area contributed by atoms with Crippen molar-refractivity contribution in [1.29, 1.82) is 0 Å². The molecule has 1 aromatic heterocycles. The van der Waals surface area contributed by atoms with Crippen LogP contribution in [0.15, 0.2) is 65.5 Å². The number of fused-ring (bicyclic) bond motifs is 3. The Hall–Kier alpha value is -3.18. The predicted molar refractivity (Wildman–Crippen MR) is 121 cm³/mol. The van der Waals surface area contributed by atoms with Crippen LogP contribution >= 0.6 is 0 Å². The molecule has 2 aromatic carbocycles. The molecule has 0 radical (unpaired) electrons. The molecule has 1 amide bonds. The molecule has 5 rings (SSSR count). The average Bonchev–Trinajstić information content (AvgIpc) is 2.78. The van der Waals surface area contributed by atoms with Gasteiger partial charge in [-0.15, -0.1) is 0 Å². The van der Waals surface area contributed by atoms with Crippen LogP contribution in [0.5, 0.6) is 0 Å². The number of pyridine rings is 1. The molecule has 2 aliphatic heterocycles. The molecule has 0 aliphatic carbocycles. The van der Waals surface area contributed by atoms with Crippen LogP contribution in [0.2, 0.25) is 0 Å². The van der Waals surface area contributed by atoms with E-state index in [1.54, 1.807) is 10.6 Å². The van der Waals surface area contributed by atoms with Crippen LogP contribution in [-0.2, 0) is 17.7 Å². The first-order chi connectivity index (χ1) is 15.0. The molecule has 2 aliphatic rings. The van der Waals surface area contributed by atoms with Crippen molar-refractivity contribution in [2.45, 2.75) is 39.0 Å². The lowest BCUT2D eigenvalue weighted by molar-refractivity contribution is -0.0586. The van der Waals surface area contributed by atoms with Crippen LogP contribution in [0.4, 0.5) is 0 Å². The maximum Gasteiger partial charge on any atom is 0.258 e. The summed E-state index contributed by atoms with van der Waals surface area (Å²) >= 11 is 0. The summed E-state index contributed by atoms with van der Waals surface area (Å²) in [6.07, 6.45) is 0.743. The maximum absolute atomic E-state index is 13.8. The molecule has 2 atom stereocenters. The quantitative estimate of drug-likeness (QED) is 0.637. The number of hydrogen-bond donors (Lipinski definition) is 0. The molecule has 31 heavy (non-hydrogen) atoms. The van der Waals surface area contributed by atoms with E-state index in [1.165, 1.54) is 5.56 Å². The van der Waals surface area contributed by atoms with Gasteiger partial charge in [0.1, 0.15) is 0 Å². The predicted octanol–water partition coefficient (Wildman–Crippen LogP) is 3.99. The van der Waals surface area contributed by atoms with Crippen molar-refractivity contribution in [2.24, 2.45) is 0 Å². The van der Waals surface area contributed by atoms with Gasteiger partial charge in [0.2, 0.25) is 0 Å². The van der Waals surface area contributed by atoms with Crippen LogP contribution < -0.4 is 5.56 Å². The fourth-order valence-electron chi connectivity index (χ4n) is 4.87. The highest BCUT2D eigenvalue weighted by Gasteiger charge is 2.31. The van der Waals surface area contributed by atoms with E-state index in [0.717, 1.165) is 23.2 Å². The number of amides is 1. The van der Waals surface area contributed by atoms with Crippen LogP contribution in [0.3, 0.4) is 0 Å². The van der Waals surface area contributed by atoms with Crippen molar-refractivity contribution >= 4 is 5.91 Å². The fraction of sp³-hybridized carbons (Fsp3) is 0.308. The molecule has 158 valence electrons. The van der Waals surface area contributed by atoms with Crippen molar-refractivity contribution in [1.82, 2.24) is 9.47 Å². The molecule has 0 spiro atoms. The first-order valence-corrected chi connectivity index (χ1v) is 10.9. The van der Waals surface area contributed by atoms with Crippen molar-refractivity contribution in [3.05, 3.63) is 82.1 Å². The van der Waals surface area contributed by atoms with Gasteiger partial charge in [-0.3, -0.25) is 9.59 Å². The normalized spacial score (nSPS) is 20.1. The van der Waals surface area contributed by atoms with E-state index in [9.17, 15) is 9.59 Å². The highest BCUT2D eigenvalue weighted by atomic mass is 16.5. The van der Waals surface area contributed by atoms with Gasteiger partial charge in [0, 0.05) is 30.8 Å². The Labute approximate surface area is 181 Å². The summed E-state index contributed by atoms with van der Waals surface area (Å²) in [5.74, 6) is -0.0420. The summed E-state index contributed by atoms with van der Waals surface area (Å²) in [5, 5.41) is 0. The van der Waals surface area contributed by atoms with Gasteiger partial charge < -0.3 is 14.2 Å². The lowest BCUT2D eigenvalue weighted by Crippen LogP contribution is -2.48. The zero-order valence-corrected chi connectivity index (χ0v) is 17.9. The number of benzene rings is 2. The topological polar surface area (TPSA) is 51.5 Å². The molecule has 1 saturated heterocycles. The molecule has 0 bridgehead atoms. The van der Waals surface area contributed by atoms with E-state index >= 15 is 0 Å². The third-order valence-corrected chi connectivity index (χ3v) is 6.19. The van der Waals surface area contributed by atoms with Gasteiger partial charge in [-0.2, -0.15) is 0 Å². The first-order valence-electron chi connectivity index (χ1n) is 10.9. The number of ether oxygens (including phenoxy) is 1. The summed E-state index contributed by atoms with van der Waals surface area (Å²) in [6, 6.07) is 19.5. The zero-order valence-electron chi connectivity index (χ0n) is 17.9. The number of carbonyl (C=O) groups is 1. The van der Waals surface area contributed by atoms with E-state index in [1.807, 2.05) is 67.3 Å². The van der Waals surface area contributed by atoms with Crippen LogP contribution in [0.1, 0.15) is 29.8 Å². The van der Waals surface area contributed by atoms with Gasteiger partial charge in [-0.1, -0.05) is 54.6 Å². The number of hydrogen-bond acceptors (Lipinski definition) is 3. The molecular weight excluding hydrogens is 388 g/mol. The smallest absolute Gasteiger partial charge is 0.258 e. The van der Waals surface area contributed by atoms with E-state index < -0.39 is 0 Å². The Bertz CT molecular complexity index is 1190. The van der Waals surface area contributed by atoms with Gasteiger partial charge in [0.15, 0.2) is 0 Å². The van der Waals surface area contributed by atoms with Crippen molar-refractivity contribution in [3.63, 3.8) is 0 Å². The molecule has 0 saturated carbocycles. The second kappa shape index (κ2) is 7.82. The Morgan fingerprint density at radius 3 is 2.35 bits per heavy atom. The Balaban J connectivity index is 1.73. The lowest BCUT2D eigenvalue weighted by atomic mass is 9.92. The highest BCUT2D eigenvalue weighted by Crippen LogP contribution is 2.34. The number of carbonyl (C=O) groups excluding carboxylic acids is 1. The van der Waals surface area contributed by atoms with Crippen LogP contribution in [0.25, 0.3) is 22.4 Å². The largest absolute Gasteiger partial charge is 0.372 e. The van der Waals surface area contributed by atoms with Crippen molar-refractivity contribution in [2.75, 3.05) is 13.1 Å². The minimum absolute atomic E-state index is 0.0177. The van der Waals surface area contributed by atoms with E-state index in [4.69, 9.17) is 4.74 Å². The van der Waals surface area contributed by atoms with Crippen molar-refractivity contribution in [3.8, 4) is 22.4 Å². The molecule has 5 nitrogen and oxygen atoms in total. The molecular formula is C26H26N2O3. The van der Waals surface area contributed by atoms with Gasteiger partial charge >= 0.3 is 0 Å². The minimum atomic E-state index is -0.0454. The molecule has 3 aromatic rings. The second-order valence-corrected chi connectivity index (χ2v) is 8.52. The third-order valence-electron chi connectivity index (χ3n) is 6.19. The van der Waals surface area contributed by atoms with E-state index in [2.05, 4.69) is 6.07 Å². The Morgan fingerprint density at radius 2 is 1.61 bits per heavy atom. The van der Waals surface area contributed by atoms with E-state index in [-0.39, 0.29) is 23.7 Å². The minimum Gasteiger partial charge on any atom is -0.372 e. The summed E-state index contributed by atoms with van der Waals surface area (Å²) in [6.45, 7) is 5.65. The monoisotopic (exact) mass is 414 g/mol. The summed E-state index contributed by atoms with van der Waals surface area (Å²) < 4.78 is 7.63. The number of aryl methyl sites for hydroxylation is 1. The first kappa shape index (κ1) is 19.8. The van der Waals surface area contributed by atoms with E-state index in [0.29, 0.717) is 30.8 Å². The Kier molecular flexibility index (Phi) is 4.98. The molecule has 1 fully saturated rings. The Morgan fingerprint density at radius 1 is 0.935 bits per heavy atom. The lowest BCUT2D eigenvalue weighted by Gasteiger charge is -2.36. The molecule has 5 heteroatoms. The summed E-state index contributed by atoms with van der Waals surface area (Å²) in [7, 11) is 0. The number of aromatic nitrogens is 1. The molecule has 2 unspecified atom stereocenters. The van der Waals surface area contributed by atoms with Crippen LogP contribution in [-0.4, -0.2) is 40.7 Å². The fourth-order valence-corrected chi connectivity index (χ4v) is 4.87. The third kappa shape index (κ3) is 3.49. The standard InChI is InChI=1S/C26H26N2O3/c1-17-15-27(16-18(2)31-17)25(29)23-14-22(19-8-4-3-5-9-19)26(30)28-13-12-20-10-6-7-11-21(20)24(23)28/h3-11,14,17-18H,12-13,15-16H2,1-2H3. The summed E-state index contributed by atoms with van der Waals surface area (Å²) in [5.41, 5.74) is 4.84. The van der Waals surface area contributed by atoms with Gasteiger partial charge in [-0.25, -0.2) is 0 Å². The SMILES string of the molecule is CC1CN(C(=O)c2cc(-c3ccccc3)c(=O)n3c2-c2ccccc2CC3)CC(C)O1. The van der Waals surface area contributed by atoms with Gasteiger partial charge in [-0.05, 0) is 37.5 Å². The number of nitrogens with zero attached hydrogens (tertiary/aromatic N) is 2. The summed E-state index contributed by atoms with van der Waals surface area (Å²) in [4.78, 5) is 29.2. The molecule has 3 heterocycles. The highest BCUT2D eigenvalue weighted by molar-refractivity contribution is 6.01.